The summed E-state index contributed by atoms with van der Waals surface area (Å²) in [7, 11) is 3.19. The molecular weight excluding hydrogens is 246 g/mol. The largest absolute Gasteiger partial charge is 0.505 e. The van der Waals surface area contributed by atoms with Crippen molar-refractivity contribution in [1.29, 1.82) is 5.26 Å². The van der Waals surface area contributed by atoms with Crippen LogP contribution in [0.4, 0.5) is 4.39 Å². The van der Waals surface area contributed by atoms with Gasteiger partial charge in [0.1, 0.15) is 0 Å². The topological polar surface area (TPSA) is 56.5 Å². The summed E-state index contributed by atoms with van der Waals surface area (Å²) in [6, 6.07) is 6.60. The molecule has 19 heavy (non-hydrogen) atoms. The average Bonchev–Trinajstić information content (AvgIpc) is 2.44. The predicted octanol–water partition coefficient (Wildman–Crippen LogP) is 1.57. The molecule has 0 amide bonds. The molecule has 99 valence electrons. The van der Waals surface area contributed by atoms with Crippen LogP contribution in [0.25, 0.3) is 0 Å². The van der Waals surface area contributed by atoms with Crippen LogP contribution in [0.5, 0.6) is 5.75 Å². The maximum absolute atomic E-state index is 13.4. The number of rotatable bonds is 3. The van der Waals surface area contributed by atoms with Crippen molar-refractivity contribution in [3.8, 4) is 11.8 Å². The number of hydrogen-bond acceptors (Lipinski definition) is 4. The Morgan fingerprint density at radius 3 is 2.74 bits per heavy atom. The van der Waals surface area contributed by atoms with Gasteiger partial charge in [0.25, 0.3) is 0 Å². The Morgan fingerprint density at radius 2 is 2.16 bits per heavy atom. The van der Waals surface area contributed by atoms with Crippen molar-refractivity contribution in [3.05, 3.63) is 29.6 Å². The SMILES string of the molecule is CO[B]N1CCC(C#N)(c2cccc(F)c2O)CC1. The summed E-state index contributed by atoms with van der Waals surface area (Å²) in [6.45, 7) is 1.27. The highest BCUT2D eigenvalue weighted by Crippen LogP contribution is 2.40. The summed E-state index contributed by atoms with van der Waals surface area (Å²) in [5.74, 6) is -1.09. The molecular formula is C13H15BFN2O2. The maximum atomic E-state index is 13.4. The maximum Gasteiger partial charge on any atom is 0.398 e. The fraction of sp³-hybridized carbons (Fsp3) is 0.462. The first-order valence-electron chi connectivity index (χ1n) is 6.12. The Bertz CT molecular complexity index is 496. The molecule has 0 atom stereocenters. The molecule has 1 heterocycles. The third kappa shape index (κ3) is 2.58. The van der Waals surface area contributed by atoms with Crippen LogP contribution in [-0.2, 0) is 10.1 Å². The molecule has 1 saturated heterocycles. The molecule has 0 aliphatic carbocycles. The van der Waals surface area contributed by atoms with Gasteiger partial charge in [0.15, 0.2) is 11.6 Å². The van der Waals surface area contributed by atoms with Crippen molar-refractivity contribution < 1.29 is 14.2 Å². The van der Waals surface area contributed by atoms with E-state index < -0.39 is 17.0 Å². The van der Waals surface area contributed by atoms with Crippen LogP contribution in [0.2, 0.25) is 0 Å². The fourth-order valence-corrected chi connectivity index (χ4v) is 2.50. The van der Waals surface area contributed by atoms with Crippen LogP contribution < -0.4 is 0 Å². The van der Waals surface area contributed by atoms with Crippen molar-refractivity contribution in [2.75, 3.05) is 20.2 Å². The number of aromatic hydroxyl groups is 1. The van der Waals surface area contributed by atoms with Gasteiger partial charge in [-0.15, -0.1) is 0 Å². The monoisotopic (exact) mass is 261 g/mol. The number of para-hydroxylation sites is 1. The molecule has 1 aromatic carbocycles. The van der Waals surface area contributed by atoms with Gasteiger partial charge in [-0.3, -0.25) is 0 Å². The third-order valence-electron chi connectivity index (χ3n) is 3.62. The zero-order valence-electron chi connectivity index (χ0n) is 10.8. The van der Waals surface area contributed by atoms with E-state index in [-0.39, 0.29) is 0 Å². The Morgan fingerprint density at radius 1 is 1.47 bits per heavy atom. The van der Waals surface area contributed by atoms with E-state index in [0.717, 1.165) is 0 Å². The molecule has 1 aliphatic rings. The summed E-state index contributed by atoms with van der Waals surface area (Å²) < 4.78 is 18.4. The lowest BCUT2D eigenvalue weighted by molar-refractivity contribution is 0.245. The second-order valence-electron chi connectivity index (χ2n) is 4.71. The molecule has 1 N–H and O–H groups in total. The molecule has 1 radical (unpaired) electrons. The van der Waals surface area contributed by atoms with Crippen molar-refractivity contribution in [2.24, 2.45) is 0 Å². The van der Waals surface area contributed by atoms with Crippen LogP contribution in [0.1, 0.15) is 18.4 Å². The lowest BCUT2D eigenvalue weighted by atomic mass is 9.73. The zero-order valence-corrected chi connectivity index (χ0v) is 10.8. The summed E-state index contributed by atoms with van der Waals surface area (Å²) in [5.41, 5.74) is -0.448. The van der Waals surface area contributed by atoms with Gasteiger partial charge in [0, 0.05) is 12.7 Å². The molecule has 1 aromatic rings. The van der Waals surface area contributed by atoms with Crippen molar-refractivity contribution in [2.45, 2.75) is 18.3 Å². The van der Waals surface area contributed by atoms with E-state index in [9.17, 15) is 14.8 Å². The van der Waals surface area contributed by atoms with E-state index in [1.807, 2.05) is 4.81 Å². The zero-order chi connectivity index (χ0) is 13.9. The van der Waals surface area contributed by atoms with Gasteiger partial charge in [-0.05, 0) is 32.0 Å². The van der Waals surface area contributed by atoms with E-state index in [2.05, 4.69) is 6.07 Å². The Labute approximate surface area is 112 Å². The van der Waals surface area contributed by atoms with Gasteiger partial charge in [-0.25, -0.2) is 4.39 Å². The van der Waals surface area contributed by atoms with Crippen molar-refractivity contribution >= 4 is 7.62 Å². The molecule has 1 aliphatic heterocycles. The second kappa shape index (κ2) is 5.60. The second-order valence-corrected chi connectivity index (χ2v) is 4.71. The van der Waals surface area contributed by atoms with E-state index in [0.29, 0.717) is 31.5 Å². The smallest absolute Gasteiger partial charge is 0.398 e. The molecule has 2 rings (SSSR count). The molecule has 0 unspecified atom stereocenters. The van der Waals surface area contributed by atoms with Gasteiger partial charge < -0.3 is 14.6 Å². The first kappa shape index (κ1) is 13.8. The highest BCUT2D eigenvalue weighted by molar-refractivity contribution is 6.23. The average molecular weight is 261 g/mol. The van der Waals surface area contributed by atoms with Gasteiger partial charge in [0.2, 0.25) is 0 Å². The lowest BCUT2D eigenvalue weighted by Crippen LogP contribution is -2.44. The number of phenolic OH excluding ortho intramolecular Hbond substituents is 1. The summed E-state index contributed by atoms with van der Waals surface area (Å²) >= 11 is 0. The first-order chi connectivity index (χ1) is 9.13. The number of benzene rings is 1. The number of nitrogens with zero attached hydrogens (tertiary/aromatic N) is 2. The Hall–Kier alpha value is -1.58. The van der Waals surface area contributed by atoms with Crippen molar-refractivity contribution in [3.63, 3.8) is 0 Å². The Balaban J connectivity index is 2.26. The van der Waals surface area contributed by atoms with Crippen LogP contribution in [0, 0.1) is 17.1 Å². The minimum Gasteiger partial charge on any atom is -0.505 e. The number of phenols is 1. The normalized spacial score (nSPS) is 18.8. The molecule has 1 fully saturated rings. The fourth-order valence-electron chi connectivity index (χ4n) is 2.50. The lowest BCUT2D eigenvalue weighted by Gasteiger charge is -2.37. The quantitative estimate of drug-likeness (QED) is 0.839. The number of nitriles is 1. The van der Waals surface area contributed by atoms with Crippen LogP contribution in [0.3, 0.4) is 0 Å². The minimum absolute atomic E-state index is 0.382. The molecule has 0 aromatic heterocycles. The van der Waals surface area contributed by atoms with Crippen LogP contribution in [0.15, 0.2) is 18.2 Å². The highest BCUT2D eigenvalue weighted by atomic mass is 19.1. The standard InChI is InChI=1S/C13H15BFN2O2/c1-19-14-17-7-5-13(9-16,6-8-17)10-3-2-4-11(15)12(10)18/h2-4,18H,5-8H2,1H3. The molecule has 0 bridgehead atoms. The third-order valence-corrected chi connectivity index (χ3v) is 3.62. The van der Waals surface area contributed by atoms with Gasteiger partial charge >= 0.3 is 7.62 Å². The number of halogens is 1. The summed E-state index contributed by atoms with van der Waals surface area (Å²) in [5, 5.41) is 19.3. The predicted molar refractivity (Wildman–Crippen MR) is 68.9 cm³/mol. The highest BCUT2D eigenvalue weighted by Gasteiger charge is 2.39. The number of piperidine rings is 1. The van der Waals surface area contributed by atoms with Crippen molar-refractivity contribution in [1.82, 2.24) is 4.81 Å². The molecule has 0 spiro atoms. The first-order valence-corrected chi connectivity index (χ1v) is 6.12. The van der Waals surface area contributed by atoms with E-state index in [4.69, 9.17) is 4.65 Å². The molecule has 0 saturated carbocycles. The molecule has 4 nitrogen and oxygen atoms in total. The molecule has 6 heteroatoms. The van der Waals surface area contributed by atoms with Gasteiger partial charge in [-0.1, -0.05) is 12.1 Å². The van der Waals surface area contributed by atoms with E-state index in [1.165, 1.54) is 12.1 Å². The Kier molecular flexibility index (Phi) is 4.08. The van der Waals surface area contributed by atoms with E-state index >= 15 is 0 Å². The van der Waals surface area contributed by atoms with E-state index in [1.54, 1.807) is 20.8 Å². The van der Waals surface area contributed by atoms with Crippen LogP contribution in [-0.4, -0.2) is 37.7 Å². The van der Waals surface area contributed by atoms with Gasteiger partial charge in [0.05, 0.1) is 11.5 Å². The summed E-state index contributed by atoms with van der Waals surface area (Å²) in [4.78, 5) is 1.96. The minimum atomic E-state index is -0.829. The summed E-state index contributed by atoms with van der Waals surface area (Å²) in [6.07, 6.45) is 1.06. The van der Waals surface area contributed by atoms with Gasteiger partial charge in [-0.2, -0.15) is 5.26 Å². The number of hydrogen-bond donors (Lipinski definition) is 1. The van der Waals surface area contributed by atoms with Crippen LogP contribution >= 0.6 is 0 Å².